The number of nitrogens with zero attached hydrogens (tertiary/aromatic N) is 2. The fraction of sp³-hybridized carbons (Fsp3) is 0.0968. The van der Waals surface area contributed by atoms with Crippen molar-refractivity contribution < 1.29 is 36.8 Å². The van der Waals surface area contributed by atoms with E-state index in [0.29, 0.717) is 15.6 Å². The summed E-state index contributed by atoms with van der Waals surface area (Å²) in [6.45, 7) is 1.72. The van der Waals surface area contributed by atoms with Crippen LogP contribution in [-0.2, 0) is 14.8 Å². The van der Waals surface area contributed by atoms with Crippen LogP contribution in [0, 0.1) is 10.1 Å². The number of carbonyl (C=O) groups excluding carboxylic acids is 2. The summed E-state index contributed by atoms with van der Waals surface area (Å²) >= 11 is 0. The summed E-state index contributed by atoms with van der Waals surface area (Å²) in [4.78, 5) is 37.6. The van der Waals surface area contributed by atoms with E-state index in [2.05, 4.69) is 0 Å². The van der Waals surface area contributed by atoms with Gasteiger partial charge in [-0.2, -0.15) is 4.31 Å². The SMILES string of the molecule is CCOC(=O)c1c(-c2ccccc2)oc2ccc(N(C(=O)c3cccc([N+](=O)[O-])c3)S(=O)(=O)c3ccc(OC)cc3)cc12. The molecule has 0 unspecified atom stereocenters. The number of nitro benzene ring substituents is 1. The molecule has 43 heavy (non-hydrogen) atoms. The van der Waals surface area contributed by atoms with Crippen LogP contribution >= 0.6 is 0 Å². The van der Waals surface area contributed by atoms with E-state index in [-0.39, 0.29) is 45.0 Å². The molecule has 1 heterocycles. The van der Waals surface area contributed by atoms with Crippen molar-refractivity contribution in [3.05, 3.63) is 118 Å². The number of furan rings is 1. The summed E-state index contributed by atoms with van der Waals surface area (Å²) in [6, 6.07) is 23.1. The largest absolute Gasteiger partial charge is 0.497 e. The van der Waals surface area contributed by atoms with Gasteiger partial charge >= 0.3 is 5.97 Å². The van der Waals surface area contributed by atoms with E-state index in [1.165, 1.54) is 67.8 Å². The topological polar surface area (TPSA) is 146 Å². The Bertz CT molecular complexity index is 1950. The highest BCUT2D eigenvalue weighted by Crippen LogP contribution is 2.38. The number of carbonyl (C=O) groups is 2. The Morgan fingerprint density at radius 2 is 1.65 bits per heavy atom. The number of non-ortho nitro benzene ring substituents is 1. The van der Waals surface area contributed by atoms with Gasteiger partial charge in [-0.3, -0.25) is 14.9 Å². The standard InChI is InChI=1S/C31H24N2O9S/c1-3-41-31(35)28-26-19-22(12-17-27(26)42-29(28)20-8-5-4-6-9-20)32(30(34)21-10-7-11-23(18-21)33(36)37)43(38,39)25-15-13-24(40-2)14-16-25/h4-19H,3H2,1-2H3. The Hall–Kier alpha value is -5.49. The molecule has 1 aromatic heterocycles. The number of amides is 1. The second-order valence-corrected chi connectivity index (χ2v) is 10.9. The molecule has 0 aliphatic heterocycles. The molecule has 0 saturated carbocycles. The Morgan fingerprint density at radius 3 is 2.30 bits per heavy atom. The van der Waals surface area contributed by atoms with Crippen molar-refractivity contribution in [1.82, 2.24) is 0 Å². The van der Waals surface area contributed by atoms with Gasteiger partial charge in [-0.15, -0.1) is 0 Å². The van der Waals surface area contributed by atoms with Crippen LogP contribution in [0.3, 0.4) is 0 Å². The molecule has 12 heteroatoms. The number of hydrogen-bond donors (Lipinski definition) is 0. The molecule has 11 nitrogen and oxygen atoms in total. The van der Waals surface area contributed by atoms with Crippen molar-refractivity contribution in [3.8, 4) is 17.1 Å². The third-order valence-corrected chi connectivity index (χ3v) is 8.23. The zero-order chi connectivity index (χ0) is 30.7. The lowest BCUT2D eigenvalue weighted by Crippen LogP contribution is -2.37. The van der Waals surface area contributed by atoms with Crippen molar-refractivity contribution in [3.63, 3.8) is 0 Å². The van der Waals surface area contributed by atoms with Crippen LogP contribution in [0.4, 0.5) is 11.4 Å². The number of sulfonamides is 1. The van der Waals surface area contributed by atoms with Gasteiger partial charge in [0, 0.05) is 28.6 Å². The molecule has 0 N–H and O–H groups in total. The molecule has 0 radical (unpaired) electrons. The monoisotopic (exact) mass is 600 g/mol. The van der Waals surface area contributed by atoms with Crippen LogP contribution in [0.5, 0.6) is 5.75 Å². The second-order valence-electron chi connectivity index (χ2n) is 9.13. The van der Waals surface area contributed by atoms with E-state index in [0.717, 1.165) is 6.07 Å². The predicted molar refractivity (Wildman–Crippen MR) is 158 cm³/mol. The maximum Gasteiger partial charge on any atom is 0.342 e. The Labute approximate surface area is 246 Å². The number of benzene rings is 4. The lowest BCUT2D eigenvalue weighted by atomic mass is 10.1. The minimum absolute atomic E-state index is 0.0505. The van der Waals surface area contributed by atoms with Gasteiger partial charge in [0.2, 0.25) is 0 Å². The predicted octanol–water partition coefficient (Wildman–Crippen LogP) is 6.23. The first-order valence-corrected chi connectivity index (χ1v) is 14.4. The summed E-state index contributed by atoms with van der Waals surface area (Å²) in [7, 11) is -3.18. The Morgan fingerprint density at radius 1 is 0.930 bits per heavy atom. The molecular weight excluding hydrogens is 576 g/mol. The van der Waals surface area contributed by atoms with E-state index in [4.69, 9.17) is 13.9 Å². The van der Waals surface area contributed by atoms with Crippen LogP contribution < -0.4 is 9.04 Å². The van der Waals surface area contributed by atoms with Crippen molar-refractivity contribution in [2.75, 3.05) is 18.0 Å². The molecular formula is C31H24N2O9S. The molecule has 0 bridgehead atoms. The van der Waals surface area contributed by atoms with Crippen LogP contribution in [-0.4, -0.2) is 38.9 Å². The first kappa shape index (κ1) is 29.0. The van der Waals surface area contributed by atoms with Crippen molar-refractivity contribution in [1.29, 1.82) is 0 Å². The lowest BCUT2D eigenvalue weighted by molar-refractivity contribution is -0.384. The fourth-order valence-corrected chi connectivity index (χ4v) is 5.90. The van der Waals surface area contributed by atoms with E-state index >= 15 is 0 Å². The number of nitro groups is 1. The maximum absolute atomic E-state index is 14.1. The fourth-order valence-electron chi connectivity index (χ4n) is 4.50. The minimum Gasteiger partial charge on any atom is -0.497 e. The van der Waals surface area contributed by atoms with Gasteiger partial charge in [-0.05, 0) is 55.5 Å². The zero-order valence-electron chi connectivity index (χ0n) is 22.9. The van der Waals surface area contributed by atoms with Crippen LogP contribution in [0.2, 0.25) is 0 Å². The van der Waals surface area contributed by atoms with Gasteiger partial charge in [0.05, 0.1) is 29.2 Å². The molecule has 0 aliphatic rings. The lowest BCUT2D eigenvalue weighted by Gasteiger charge is -2.23. The molecule has 4 aromatic carbocycles. The smallest absolute Gasteiger partial charge is 0.342 e. The minimum atomic E-state index is -4.61. The molecule has 0 saturated heterocycles. The molecule has 0 aliphatic carbocycles. The average molecular weight is 601 g/mol. The quantitative estimate of drug-likeness (QED) is 0.109. The number of anilines is 1. The number of hydrogen-bond acceptors (Lipinski definition) is 9. The molecule has 5 aromatic rings. The van der Waals surface area contributed by atoms with E-state index in [1.54, 1.807) is 37.3 Å². The van der Waals surface area contributed by atoms with E-state index in [1.807, 2.05) is 0 Å². The third-order valence-electron chi connectivity index (χ3n) is 6.51. The highest BCUT2D eigenvalue weighted by molar-refractivity contribution is 7.93. The number of esters is 1. The van der Waals surface area contributed by atoms with Crippen molar-refractivity contribution in [2.24, 2.45) is 0 Å². The molecule has 5 rings (SSSR count). The second kappa shape index (κ2) is 11.8. The molecule has 1 amide bonds. The average Bonchev–Trinajstić information content (AvgIpc) is 3.41. The van der Waals surface area contributed by atoms with Crippen LogP contribution in [0.15, 0.2) is 106 Å². The first-order valence-electron chi connectivity index (χ1n) is 12.9. The zero-order valence-corrected chi connectivity index (χ0v) is 23.7. The van der Waals surface area contributed by atoms with E-state index < -0.39 is 32.5 Å². The van der Waals surface area contributed by atoms with Crippen LogP contribution in [0.25, 0.3) is 22.3 Å². The summed E-state index contributed by atoms with van der Waals surface area (Å²) < 4.78 is 45.1. The van der Waals surface area contributed by atoms with Gasteiger partial charge in [0.25, 0.3) is 21.6 Å². The van der Waals surface area contributed by atoms with Gasteiger partial charge in [0.1, 0.15) is 22.7 Å². The number of rotatable bonds is 9. The van der Waals surface area contributed by atoms with Gasteiger partial charge in [0.15, 0.2) is 0 Å². The molecule has 0 atom stereocenters. The maximum atomic E-state index is 14.1. The van der Waals surface area contributed by atoms with Crippen molar-refractivity contribution >= 4 is 44.2 Å². The number of fused-ring (bicyclic) bond motifs is 1. The third kappa shape index (κ3) is 5.55. The highest BCUT2D eigenvalue weighted by atomic mass is 32.2. The Balaban J connectivity index is 1.74. The van der Waals surface area contributed by atoms with Gasteiger partial charge in [-0.1, -0.05) is 36.4 Å². The normalized spacial score (nSPS) is 11.2. The molecule has 0 fully saturated rings. The summed E-state index contributed by atoms with van der Waals surface area (Å²) in [6.07, 6.45) is 0. The summed E-state index contributed by atoms with van der Waals surface area (Å²) in [5.74, 6) is -1.15. The molecule has 218 valence electrons. The van der Waals surface area contributed by atoms with Gasteiger partial charge in [-0.25, -0.2) is 13.2 Å². The highest BCUT2D eigenvalue weighted by Gasteiger charge is 2.34. The number of methoxy groups -OCH3 is 1. The summed E-state index contributed by atoms with van der Waals surface area (Å²) in [5.41, 5.74) is 0.110. The number of ether oxygens (including phenoxy) is 2. The van der Waals surface area contributed by atoms with Gasteiger partial charge < -0.3 is 13.9 Å². The van der Waals surface area contributed by atoms with Crippen molar-refractivity contribution in [2.45, 2.75) is 11.8 Å². The summed E-state index contributed by atoms with van der Waals surface area (Å²) in [5, 5.41) is 11.6. The molecule has 0 spiro atoms. The van der Waals surface area contributed by atoms with E-state index in [9.17, 15) is 28.1 Å². The first-order chi connectivity index (χ1) is 20.6. The Kier molecular flexibility index (Phi) is 7.95. The van der Waals surface area contributed by atoms with Crippen LogP contribution in [0.1, 0.15) is 27.6 Å².